The molecule has 0 atom stereocenters. The molecule has 0 spiro atoms. The van der Waals surface area contributed by atoms with Gasteiger partial charge in [0.2, 0.25) is 0 Å². The van der Waals surface area contributed by atoms with E-state index in [2.05, 4.69) is 38.3 Å². The molecule has 0 radical (unpaired) electrons. The molecule has 3 heterocycles. The van der Waals surface area contributed by atoms with Crippen molar-refractivity contribution < 1.29 is 0 Å². The molecule has 0 unspecified atom stereocenters. The Kier molecular flexibility index (Phi) is 2.70. The second-order valence-electron chi connectivity index (χ2n) is 4.99. The Morgan fingerprint density at radius 2 is 2.17 bits per heavy atom. The Balaban J connectivity index is 1.86. The molecule has 0 aromatic carbocycles. The Hall–Kier alpha value is -1.62. The number of fused-ring (bicyclic) bond motifs is 1. The van der Waals surface area contributed by atoms with E-state index < -0.39 is 0 Å². The standard InChI is InChI=1S/C13H19N5/c1-4-16(2)10-7-18(8-10)13-12-11(14-9-15-13)5-6-17(12)3/h5-6,9-10H,4,7-8H2,1-3H3. The molecule has 18 heavy (non-hydrogen) atoms. The smallest absolute Gasteiger partial charge is 0.156 e. The third-order valence-electron chi connectivity index (χ3n) is 3.92. The predicted octanol–water partition coefficient (Wildman–Crippen LogP) is 1.11. The normalized spacial score (nSPS) is 16.6. The first-order valence-corrected chi connectivity index (χ1v) is 6.42. The van der Waals surface area contributed by atoms with Crippen molar-refractivity contribution in [3.05, 3.63) is 18.6 Å². The van der Waals surface area contributed by atoms with E-state index in [1.807, 2.05) is 19.3 Å². The molecule has 2 aromatic rings. The summed E-state index contributed by atoms with van der Waals surface area (Å²) in [4.78, 5) is 13.5. The molecule has 0 amide bonds. The highest BCUT2D eigenvalue weighted by Gasteiger charge is 2.31. The summed E-state index contributed by atoms with van der Waals surface area (Å²) in [6.45, 7) is 5.41. The molecule has 0 saturated carbocycles. The number of nitrogens with zero attached hydrogens (tertiary/aromatic N) is 5. The second-order valence-corrected chi connectivity index (χ2v) is 4.99. The average Bonchev–Trinajstić information content (AvgIpc) is 2.70. The van der Waals surface area contributed by atoms with Crippen molar-refractivity contribution in [1.82, 2.24) is 19.4 Å². The van der Waals surface area contributed by atoms with Gasteiger partial charge in [0.1, 0.15) is 11.8 Å². The molecular formula is C13H19N5. The summed E-state index contributed by atoms with van der Waals surface area (Å²) >= 11 is 0. The molecule has 0 N–H and O–H groups in total. The van der Waals surface area contributed by atoms with Crippen molar-refractivity contribution in [1.29, 1.82) is 0 Å². The van der Waals surface area contributed by atoms with Crippen LogP contribution in [0.1, 0.15) is 6.92 Å². The van der Waals surface area contributed by atoms with Gasteiger partial charge in [0, 0.05) is 32.4 Å². The van der Waals surface area contributed by atoms with Gasteiger partial charge in [-0.05, 0) is 19.7 Å². The van der Waals surface area contributed by atoms with Gasteiger partial charge in [-0.25, -0.2) is 9.97 Å². The maximum absolute atomic E-state index is 4.46. The molecule has 96 valence electrons. The lowest BCUT2D eigenvalue weighted by atomic mass is 10.1. The van der Waals surface area contributed by atoms with Gasteiger partial charge in [0.25, 0.3) is 0 Å². The van der Waals surface area contributed by atoms with Crippen LogP contribution < -0.4 is 4.90 Å². The van der Waals surface area contributed by atoms with E-state index in [0.29, 0.717) is 6.04 Å². The van der Waals surface area contributed by atoms with Gasteiger partial charge in [-0.3, -0.25) is 0 Å². The molecule has 2 aromatic heterocycles. The van der Waals surface area contributed by atoms with Crippen LogP contribution in [0.2, 0.25) is 0 Å². The zero-order chi connectivity index (χ0) is 12.7. The first kappa shape index (κ1) is 11.5. The molecule has 3 rings (SSSR count). The van der Waals surface area contributed by atoms with Crippen molar-refractivity contribution >= 4 is 16.9 Å². The highest BCUT2D eigenvalue weighted by atomic mass is 15.3. The van der Waals surface area contributed by atoms with E-state index in [4.69, 9.17) is 0 Å². The van der Waals surface area contributed by atoms with Crippen LogP contribution in [0, 0.1) is 0 Å². The van der Waals surface area contributed by atoms with E-state index in [9.17, 15) is 0 Å². The lowest BCUT2D eigenvalue weighted by Gasteiger charge is -2.44. The first-order valence-electron chi connectivity index (χ1n) is 6.42. The summed E-state index contributed by atoms with van der Waals surface area (Å²) in [7, 11) is 4.23. The van der Waals surface area contributed by atoms with Crippen LogP contribution >= 0.6 is 0 Å². The molecular weight excluding hydrogens is 226 g/mol. The molecule has 1 aliphatic heterocycles. The molecule has 0 bridgehead atoms. The number of anilines is 1. The largest absolute Gasteiger partial charge is 0.351 e. The lowest BCUT2D eigenvalue weighted by molar-refractivity contribution is 0.214. The van der Waals surface area contributed by atoms with Crippen LogP contribution in [-0.2, 0) is 7.05 Å². The van der Waals surface area contributed by atoms with Gasteiger partial charge in [-0.1, -0.05) is 6.92 Å². The van der Waals surface area contributed by atoms with E-state index in [0.717, 1.165) is 36.5 Å². The van der Waals surface area contributed by atoms with Crippen LogP contribution in [0.3, 0.4) is 0 Å². The maximum Gasteiger partial charge on any atom is 0.156 e. The minimum Gasteiger partial charge on any atom is -0.351 e. The molecule has 1 saturated heterocycles. The van der Waals surface area contributed by atoms with Gasteiger partial charge in [0.05, 0.1) is 5.52 Å². The van der Waals surface area contributed by atoms with E-state index in [-0.39, 0.29) is 0 Å². The Morgan fingerprint density at radius 3 is 2.89 bits per heavy atom. The van der Waals surface area contributed by atoms with E-state index in [1.165, 1.54) is 0 Å². The Bertz CT molecular complexity index is 556. The monoisotopic (exact) mass is 245 g/mol. The molecule has 5 nitrogen and oxygen atoms in total. The lowest BCUT2D eigenvalue weighted by Crippen LogP contribution is -2.58. The van der Waals surface area contributed by atoms with E-state index in [1.54, 1.807) is 6.33 Å². The highest BCUT2D eigenvalue weighted by molar-refractivity contribution is 5.87. The van der Waals surface area contributed by atoms with Crippen molar-refractivity contribution in [2.45, 2.75) is 13.0 Å². The molecule has 5 heteroatoms. The fourth-order valence-corrected chi connectivity index (χ4v) is 2.50. The van der Waals surface area contributed by atoms with Crippen LogP contribution in [0.25, 0.3) is 11.0 Å². The van der Waals surface area contributed by atoms with Gasteiger partial charge in [-0.15, -0.1) is 0 Å². The van der Waals surface area contributed by atoms with Crippen LogP contribution in [-0.4, -0.2) is 52.2 Å². The fraction of sp³-hybridized carbons (Fsp3) is 0.538. The van der Waals surface area contributed by atoms with Gasteiger partial charge >= 0.3 is 0 Å². The zero-order valence-electron chi connectivity index (χ0n) is 11.2. The van der Waals surface area contributed by atoms with Gasteiger partial charge in [-0.2, -0.15) is 0 Å². The van der Waals surface area contributed by atoms with Crippen LogP contribution in [0.5, 0.6) is 0 Å². The average molecular weight is 245 g/mol. The summed E-state index contributed by atoms with van der Waals surface area (Å²) in [5.41, 5.74) is 2.16. The van der Waals surface area contributed by atoms with Crippen molar-refractivity contribution in [2.75, 3.05) is 31.6 Å². The van der Waals surface area contributed by atoms with Crippen molar-refractivity contribution in [3.63, 3.8) is 0 Å². The number of aromatic nitrogens is 3. The Morgan fingerprint density at radius 1 is 1.39 bits per heavy atom. The number of hydrogen-bond acceptors (Lipinski definition) is 4. The maximum atomic E-state index is 4.46. The minimum absolute atomic E-state index is 0.653. The van der Waals surface area contributed by atoms with Gasteiger partial charge < -0.3 is 14.4 Å². The number of rotatable bonds is 3. The first-order chi connectivity index (χ1) is 8.70. The summed E-state index contributed by atoms with van der Waals surface area (Å²) < 4.78 is 2.10. The van der Waals surface area contributed by atoms with E-state index >= 15 is 0 Å². The Labute approximate surface area is 107 Å². The fourth-order valence-electron chi connectivity index (χ4n) is 2.50. The molecule has 1 aliphatic rings. The van der Waals surface area contributed by atoms with Gasteiger partial charge in [0.15, 0.2) is 5.82 Å². The van der Waals surface area contributed by atoms with Crippen molar-refractivity contribution in [3.8, 4) is 0 Å². The second kappa shape index (κ2) is 4.24. The van der Waals surface area contributed by atoms with Crippen LogP contribution in [0.15, 0.2) is 18.6 Å². The zero-order valence-corrected chi connectivity index (χ0v) is 11.2. The third kappa shape index (κ3) is 1.66. The summed E-state index contributed by atoms with van der Waals surface area (Å²) in [6, 6.07) is 2.69. The number of hydrogen-bond donors (Lipinski definition) is 0. The predicted molar refractivity (Wildman–Crippen MR) is 72.8 cm³/mol. The number of aryl methyl sites for hydroxylation is 1. The summed E-state index contributed by atoms with van der Waals surface area (Å²) in [6.07, 6.45) is 3.70. The topological polar surface area (TPSA) is 37.2 Å². The van der Waals surface area contributed by atoms with Crippen LogP contribution in [0.4, 0.5) is 5.82 Å². The summed E-state index contributed by atoms with van der Waals surface area (Å²) in [5.74, 6) is 1.06. The van der Waals surface area contributed by atoms with Crippen molar-refractivity contribution in [2.24, 2.45) is 7.05 Å². The quantitative estimate of drug-likeness (QED) is 0.812. The molecule has 0 aliphatic carbocycles. The number of likely N-dealkylation sites (N-methyl/N-ethyl adjacent to an activating group) is 1. The summed E-state index contributed by atoms with van der Waals surface area (Å²) in [5, 5.41) is 0. The minimum atomic E-state index is 0.653. The molecule has 1 fully saturated rings. The highest BCUT2D eigenvalue weighted by Crippen LogP contribution is 2.27. The SMILES string of the molecule is CCN(C)C1CN(c2ncnc3ccn(C)c23)C1. The third-order valence-corrected chi connectivity index (χ3v) is 3.92.